The highest BCUT2D eigenvalue weighted by Crippen LogP contribution is 2.28. The molecule has 10 heteroatoms. The van der Waals surface area contributed by atoms with Gasteiger partial charge in [0.05, 0.1) is 27.8 Å². The van der Waals surface area contributed by atoms with Crippen molar-refractivity contribution in [3.63, 3.8) is 0 Å². The SMILES string of the molecule is Cc1nc(C(F)(F)F)ccc1C(=O)NS(=O)(=O)c1cccc(C#N)c1. The number of carbonyl (C=O) groups is 1. The van der Waals surface area contributed by atoms with Gasteiger partial charge in [-0.2, -0.15) is 18.4 Å². The molecule has 0 saturated carbocycles. The molecule has 0 aliphatic heterocycles. The maximum absolute atomic E-state index is 12.6. The van der Waals surface area contributed by atoms with Crippen LogP contribution in [0.2, 0.25) is 0 Å². The minimum Gasteiger partial charge on any atom is -0.268 e. The molecule has 1 aromatic heterocycles. The van der Waals surface area contributed by atoms with Crippen molar-refractivity contribution in [1.82, 2.24) is 9.71 Å². The number of nitrogens with one attached hydrogen (secondary N) is 1. The molecule has 0 radical (unpaired) electrons. The lowest BCUT2D eigenvalue weighted by Crippen LogP contribution is -2.31. The van der Waals surface area contributed by atoms with Crippen LogP contribution in [0.25, 0.3) is 0 Å². The van der Waals surface area contributed by atoms with Gasteiger partial charge in [0.2, 0.25) is 0 Å². The molecule has 0 aliphatic rings. The molecule has 0 fully saturated rings. The Bertz CT molecular complexity index is 979. The molecule has 0 spiro atoms. The highest BCUT2D eigenvalue weighted by atomic mass is 32.2. The Morgan fingerprint density at radius 1 is 1.24 bits per heavy atom. The molecule has 0 saturated heterocycles. The number of benzene rings is 1. The summed E-state index contributed by atoms with van der Waals surface area (Å²) in [5.41, 5.74) is -1.70. The normalized spacial score (nSPS) is 11.6. The Balaban J connectivity index is 2.31. The summed E-state index contributed by atoms with van der Waals surface area (Å²) in [4.78, 5) is 15.0. The third kappa shape index (κ3) is 4.13. The highest BCUT2D eigenvalue weighted by Gasteiger charge is 2.33. The average molecular weight is 369 g/mol. The van der Waals surface area contributed by atoms with Crippen molar-refractivity contribution in [1.29, 1.82) is 5.26 Å². The van der Waals surface area contributed by atoms with Gasteiger partial charge in [-0.3, -0.25) is 4.79 Å². The first-order valence-corrected chi connectivity index (χ1v) is 8.15. The summed E-state index contributed by atoms with van der Waals surface area (Å²) in [6.07, 6.45) is -4.68. The predicted molar refractivity (Wildman–Crippen MR) is 79.8 cm³/mol. The van der Waals surface area contributed by atoms with Crippen molar-refractivity contribution in [2.45, 2.75) is 18.0 Å². The van der Waals surface area contributed by atoms with E-state index in [1.807, 2.05) is 0 Å². The minimum atomic E-state index is -4.68. The summed E-state index contributed by atoms with van der Waals surface area (Å²) in [6.45, 7) is 1.16. The zero-order chi connectivity index (χ0) is 18.8. The monoisotopic (exact) mass is 369 g/mol. The third-order valence-corrected chi connectivity index (χ3v) is 4.45. The number of sulfonamides is 1. The number of amides is 1. The van der Waals surface area contributed by atoms with Gasteiger partial charge in [0.25, 0.3) is 15.9 Å². The quantitative estimate of drug-likeness (QED) is 0.895. The number of alkyl halides is 3. The van der Waals surface area contributed by atoms with Crippen LogP contribution < -0.4 is 4.72 Å². The number of hydrogen-bond acceptors (Lipinski definition) is 5. The van der Waals surface area contributed by atoms with Crippen LogP contribution in [0.15, 0.2) is 41.3 Å². The van der Waals surface area contributed by atoms with Crippen LogP contribution in [0, 0.1) is 18.3 Å². The van der Waals surface area contributed by atoms with Gasteiger partial charge < -0.3 is 0 Å². The Morgan fingerprint density at radius 3 is 2.48 bits per heavy atom. The number of pyridine rings is 1. The van der Waals surface area contributed by atoms with E-state index in [-0.39, 0.29) is 21.7 Å². The Morgan fingerprint density at radius 2 is 1.92 bits per heavy atom. The van der Waals surface area contributed by atoms with Crippen LogP contribution in [0.5, 0.6) is 0 Å². The zero-order valence-corrected chi connectivity index (χ0v) is 13.4. The fourth-order valence-corrected chi connectivity index (χ4v) is 2.94. The number of aromatic nitrogens is 1. The van der Waals surface area contributed by atoms with E-state index in [2.05, 4.69) is 4.98 Å². The van der Waals surface area contributed by atoms with Crippen molar-refractivity contribution in [2.24, 2.45) is 0 Å². The summed E-state index contributed by atoms with van der Waals surface area (Å²) in [5.74, 6) is -1.12. The number of carbonyl (C=O) groups excluding carboxylic acids is 1. The molecule has 0 aliphatic carbocycles. The van der Waals surface area contributed by atoms with Crippen LogP contribution in [0.4, 0.5) is 13.2 Å². The maximum Gasteiger partial charge on any atom is 0.433 e. The van der Waals surface area contributed by atoms with Crippen molar-refractivity contribution in [3.05, 3.63) is 58.9 Å². The van der Waals surface area contributed by atoms with Gasteiger partial charge in [-0.1, -0.05) is 6.07 Å². The molecule has 25 heavy (non-hydrogen) atoms. The van der Waals surface area contributed by atoms with Gasteiger partial charge in [0.15, 0.2) is 0 Å². The number of nitriles is 1. The van der Waals surface area contributed by atoms with Gasteiger partial charge in [-0.05, 0) is 37.3 Å². The van der Waals surface area contributed by atoms with Gasteiger partial charge in [-0.15, -0.1) is 0 Å². The first-order chi connectivity index (χ1) is 11.5. The van der Waals surface area contributed by atoms with Crippen LogP contribution in [-0.4, -0.2) is 19.3 Å². The molecule has 130 valence electrons. The Kier molecular flexibility index (Phi) is 4.80. The first-order valence-electron chi connectivity index (χ1n) is 6.67. The number of halogens is 3. The molecule has 0 atom stereocenters. The smallest absolute Gasteiger partial charge is 0.268 e. The maximum atomic E-state index is 12.6. The number of aryl methyl sites for hydroxylation is 1. The van der Waals surface area contributed by atoms with Crippen LogP contribution >= 0.6 is 0 Å². The van der Waals surface area contributed by atoms with Crippen LogP contribution in [0.1, 0.15) is 27.3 Å². The van der Waals surface area contributed by atoms with Crippen molar-refractivity contribution in [2.75, 3.05) is 0 Å². The zero-order valence-electron chi connectivity index (χ0n) is 12.6. The lowest BCUT2D eigenvalue weighted by atomic mass is 10.2. The fraction of sp³-hybridized carbons (Fsp3) is 0.133. The molecule has 0 bridgehead atoms. The van der Waals surface area contributed by atoms with E-state index in [1.54, 1.807) is 10.8 Å². The van der Waals surface area contributed by atoms with Crippen LogP contribution in [-0.2, 0) is 16.2 Å². The number of nitrogens with zero attached hydrogens (tertiary/aromatic N) is 2. The summed E-state index contributed by atoms with van der Waals surface area (Å²) in [6, 6.07) is 8.14. The van der Waals surface area contributed by atoms with Crippen LogP contribution in [0.3, 0.4) is 0 Å². The molecular weight excluding hydrogens is 359 g/mol. The second kappa shape index (κ2) is 6.52. The summed E-state index contributed by atoms with van der Waals surface area (Å²) >= 11 is 0. The molecular formula is C15H10F3N3O3S. The molecule has 1 aromatic carbocycles. The Labute approximate surface area is 141 Å². The van der Waals surface area contributed by atoms with Crippen molar-refractivity contribution < 1.29 is 26.4 Å². The second-order valence-corrected chi connectivity index (χ2v) is 6.58. The van der Waals surface area contributed by atoms with Gasteiger partial charge in [-0.25, -0.2) is 18.1 Å². The summed E-state index contributed by atoms with van der Waals surface area (Å²) < 4.78 is 63.8. The van der Waals surface area contributed by atoms with E-state index in [1.165, 1.54) is 18.2 Å². The van der Waals surface area contributed by atoms with E-state index in [9.17, 15) is 26.4 Å². The standard InChI is InChI=1S/C15H10F3N3O3S/c1-9-12(5-6-13(20-9)15(16,17)18)14(22)21-25(23,24)11-4-2-3-10(7-11)8-19/h2-7H,1H3,(H,21,22). The van der Waals surface area contributed by atoms with Gasteiger partial charge in [0.1, 0.15) is 5.69 Å². The van der Waals surface area contributed by atoms with E-state index < -0.39 is 27.8 Å². The van der Waals surface area contributed by atoms with Gasteiger partial charge >= 0.3 is 6.18 Å². The van der Waals surface area contributed by atoms with E-state index in [4.69, 9.17) is 5.26 Å². The van der Waals surface area contributed by atoms with Crippen molar-refractivity contribution >= 4 is 15.9 Å². The second-order valence-electron chi connectivity index (χ2n) is 4.90. The number of hydrogen-bond donors (Lipinski definition) is 1. The van der Waals surface area contributed by atoms with Gasteiger partial charge in [0, 0.05) is 0 Å². The molecule has 1 N–H and O–H groups in total. The molecule has 2 rings (SSSR count). The largest absolute Gasteiger partial charge is 0.433 e. The van der Waals surface area contributed by atoms with E-state index >= 15 is 0 Å². The topological polar surface area (TPSA) is 99.9 Å². The first kappa shape index (κ1) is 18.4. The number of rotatable bonds is 3. The van der Waals surface area contributed by atoms with Crippen molar-refractivity contribution in [3.8, 4) is 6.07 Å². The molecule has 1 amide bonds. The average Bonchev–Trinajstić information content (AvgIpc) is 2.53. The molecule has 6 nitrogen and oxygen atoms in total. The lowest BCUT2D eigenvalue weighted by molar-refractivity contribution is -0.141. The molecule has 0 unspecified atom stereocenters. The minimum absolute atomic E-state index is 0.0719. The summed E-state index contributed by atoms with van der Waals surface area (Å²) in [7, 11) is -4.30. The van der Waals surface area contributed by atoms with E-state index in [0.29, 0.717) is 6.07 Å². The third-order valence-electron chi connectivity index (χ3n) is 3.12. The molecule has 1 heterocycles. The Hall–Kier alpha value is -2.93. The lowest BCUT2D eigenvalue weighted by Gasteiger charge is -2.11. The highest BCUT2D eigenvalue weighted by molar-refractivity contribution is 7.90. The fourth-order valence-electron chi connectivity index (χ4n) is 1.93. The predicted octanol–water partition coefficient (Wildman–Crippen LogP) is 2.40. The molecule has 2 aromatic rings. The van der Waals surface area contributed by atoms with E-state index in [0.717, 1.165) is 19.1 Å². The summed E-state index contributed by atoms with van der Waals surface area (Å²) in [5, 5.41) is 8.78.